The topological polar surface area (TPSA) is 99.0 Å². The van der Waals surface area contributed by atoms with E-state index in [1.165, 1.54) is 11.1 Å². The number of rotatable bonds is 4. The number of nitrogen functional groups attached to an aromatic ring is 1. The van der Waals surface area contributed by atoms with Crippen LogP contribution in [0.1, 0.15) is 30.4 Å². The molecule has 1 fully saturated rings. The molecule has 4 rings (SSSR count). The van der Waals surface area contributed by atoms with Crippen molar-refractivity contribution >= 4 is 5.82 Å². The largest absolute Gasteiger partial charge is 0.383 e. The third kappa shape index (κ3) is 3.45. The van der Waals surface area contributed by atoms with Crippen molar-refractivity contribution in [3.8, 4) is 5.69 Å². The Kier molecular flexibility index (Phi) is 4.31. The first-order valence-corrected chi connectivity index (χ1v) is 9.05. The standard InChI is InChI=1S/C19H25N5O/c20-15-7-12(8-15)11-22-16-3-1-14-10-17(4-2-13(14)9-16)24-6-5-18(21)23-19(24)25/h2,4-6,10,12,15-16,22H,1,3,7-9,11,20H2,(H2,21,23,25)/t12-,15+,16?. The fourth-order valence-electron chi connectivity index (χ4n) is 3.97. The summed E-state index contributed by atoms with van der Waals surface area (Å²) in [4.78, 5) is 15.8. The molecule has 0 aliphatic heterocycles. The smallest absolute Gasteiger partial charge is 0.354 e. The predicted octanol–water partition coefficient (Wildman–Crippen LogP) is 0.999. The Balaban J connectivity index is 1.45. The van der Waals surface area contributed by atoms with E-state index in [9.17, 15) is 4.79 Å². The van der Waals surface area contributed by atoms with E-state index in [-0.39, 0.29) is 11.5 Å². The second-order valence-electron chi connectivity index (χ2n) is 7.40. The molecular formula is C19H25N5O. The van der Waals surface area contributed by atoms with Crippen LogP contribution in [0.5, 0.6) is 0 Å². The molecule has 2 aliphatic carbocycles. The molecule has 0 amide bonds. The van der Waals surface area contributed by atoms with Gasteiger partial charge in [-0.3, -0.25) is 4.57 Å². The van der Waals surface area contributed by atoms with E-state index in [1.807, 2.05) is 6.07 Å². The van der Waals surface area contributed by atoms with Gasteiger partial charge in [-0.25, -0.2) is 4.79 Å². The second kappa shape index (κ2) is 6.61. The number of benzene rings is 1. The van der Waals surface area contributed by atoms with Gasteiger partial charge in [0.15, 0.2) is 0 Å². The Morgan fingerprint density at radius 1 is 1.24 bits per heavy atom. The summed E-state index contributed by atoms with van der Waals surface area (Å²) in [6.07, 6.45) is 7.20. The Morgan fingerprint density at radius 3 is 2.84 bits per heavy atom. The average molecular weight is 339 g/mol. The fourth-order valence-corrected chi connectivity index (χ4v) is 3.97. The van der Waals surface area contributed by atoms with Crippen molar-refractivity contribution in [2.45, 2.75) is 44.2 Å². The van der Waals surface area contributed by atoms with Crippen molar-refractivity contribution in [3.63, 3.8) is 0 Å². The monoisotopic (exact) mass is 339 g/mol. The van der Waals surface area contributed by atoms with Gasteiger partial charge in [0.1, 0.15) is 5.82 Å². The van der Waals surface area contributed by atoms with E-state index in [4.69, 9.17) is 11.5 Å². The highest BCUT2D eigenvalue weighted by atomic mass is 16.1. The van der Waals surface area contributed by atoms with Crippen molar-refractivity contribution in [2.24, 2.45) is 11.7 Å². The van der Waals surface area contributed by atoms with Crippen molar-refractivity contribution in [1.82, 2.24) is 14.9 Å². The van der Waals surface area contributed by atoms with E-state index >= 15 is 0 Å². The minimum Gasteiger partial charge on any atom is -0.383 e. The number of nitrogens with one attached hydrogen (secondary N) is 1. The summed E-state index contributed by atoms with van der Waals surface area (Å²) in [7, 11) is 0. The summed E-state index contributed by atoms with van der Waals surface area (Å²) in [5.74, 6) is 1.00. The Morgan fingerprint density at radius 2 is 2.08 bits per heavy atom. The lowest BCUT2D eigenvalue weighted by atomic mass is 9.80. The third-order valence-electron chi connectivity index (χ3n) is 5.49. The lowest BCUT2D eigenvalue weighted by molar-refractivity contribution is 0.244. The minimum absolute atomic E-state index is 0.251. The van der Waals surface area contributed by atoms with Crippen molar-refractivity contribution in [1.29, 1.82) is 0 Å². The number of aryl methyl sites for hydroxylation is 1. The molecule has 1 heterocycles. The molecule has 1 saturated carbocycles. The van der Waals surface area contributed by atoms with Gasteiger partial charge in [-0.05, 0) is 73.9 Å². The van der Waals surface area contributed by atoms with Gasteiger partial charge in [0.2, 0.25) is 0 Å². The molecule has 0 radical (unpaired) electrons. The van der Waals surface area contributed by atoms with E-state index in [2.05, 4.69) is 22.4 Å². The van der Waals surface area contributed by atoms with Crippen LogP contribution in [0.25, 0.3) is 5.69 Å². The van der Waals surface area contributed by atoms with Gasteiger partial charge in [0, 0.05) is 18.3 Å². The SMILES string of the molecule is Nc1ccn(-c2ccc3c(c2)CCC(NC[C@H]2C[C@@H](N)C2)C3)c(=O)n1. The van der Waals surface area contributed by atoms with Crippen LogP contribution in [-0.2, 0) is 12.8 Å². The molecule has 5 N–H and O–H groups in total. The zero-order chi connectivity index (χ0) is 17.4. The van der Waals surface area contributed by atoms with Crippen LogP contribution in [0.3, 0.4) is 0 Å². The molecule has 2 aliphatic rings. The normalized spacial score (nSPS) is 25.2. The molecule has 6 heteroatoms. The van der Waals surface area contributed by atoms with Gasteiger partial charge in [0.25, 0.3) is 0 Å². The van der Waals surface area contributed by atoms with Crippen molar-refractivity contribution < 1.29 is 0 Å². The molecule has 1 aromatic heterocycles. The van der Waals surface area contributed by atoms with Gasteiger partial charge in [-0.2, -0.15) is 4.98 Å². The Bertz CT molecular complexity index is 825. The van der Waals surface area contributed by atoms with Gasteiger partial charge in [0.05, 0.1) is 5.69 Å². The Labute approximate surface area is 147 Å². The maximum absolute atomic E-state index is 12.0. The molecule has 0 bridgehead atoms. The van der Waals surface area contributed by atoms with Crippen LogP contribution in [0, 0.1) is 5.92 Å². The third-order valence-corrected chi connectivity index (χ3v) is 5.49. The molecule has 25 heavy (non-hydrogen) atoms. The Hall–Kier alpha value is -2.18. The van der Waals surface area contributed by atoms with E-state index in [0.29, 0.717) is 12.1 Å². The van der Waals surface area contributed by atoms with Gasteiger partial charge in [-0.15, -0.1) is 0 Å². The number of hydrogen-bond acceptors (Lipinski definition) is 5. The van der Waals surface area contributed by atoms with Crippen LogP contribution in [0.15, 0.2) is 35.3 Å². The van der Waals surface area contributed by atoms with Crippen LogP contribution in [-0.4, -0.2) is 28.2 Å². The predicted molar refractivity (Wildman–Crippen MR) is 98.8 cm³/mol. The number of nitrogens with two attached hydrogens (primary N) is 2. The van der Waals surface area contributed by atoms with Crippen molar-refractivity contribution in [3.05, 3.63) is 52.1 Å². The molecule has 132 valence electrons. The number of nitrogens with zero attached hydrogens (tertiary/aromatic N) is 2. The van der Waals surface area contributed by atoms with Crippen LogP contribution >= 0.6 is 0 Å². The molecule has 0 saturated heterocycles. The minimum atomic E-state index is -0.339. The van der Waals surface area contributed by atoms with Crippen molar-refractivity contribution in [2.75, 3.05) is 12.3 Å². The average Bonchev–Trinajstić information content (AvgIpc) is 2.57. The lowest BCUT2D eigenvalue weighted by Gasteiger charge is -2.35. The number of anilines is 1. The second-order valence-corrected chi connectivity index (χ2v) is 7.40. The van der Waals surface area contributed by atoms with E-state index < -0.39 is 0 Å². The first kappa shape index (κ1) is 16.3. The van der Waals surface area contributed by atoms with E-state index in [0.717, 1.165) is 50.3 Å². The maximum Gasteiger partial charge on any atom is 0.354 e. The fraction of sp³-hybridized carbons (Fsp3) is 0.474. The molecule has 0 spiro atoms. The van der Waals surface area contributed by atoms with Crippen LogP contribution in [0.2, 0.25) is 0 Å². The quantitative estimate of drug-likeness (QED) is 0.772. The molecule has 1 atom stereocenters. The van der Waals surface area contributed by atoms with Gasteiger partial charge in [-0.1, -0.05) is 6.07 Å². The summed E-state index contributed by atoms with van der Waals surface area (Å²) < 4.78 is 1.54. The lowest BCUT2D eigenvalue weighted by Crippen LogP contribution is -2.45. The van der Waals surface area contributed by atoms with Crippen LogP contribution in [0.4, 0.5) is 5.82 Å². The maximum atomic E-state index is 12.0. The van der Waals surface area contributed by atoms with E-state index in [1.54, 1.807) is 16.8 Å². The first-order valence-electron chi connectivity index (χ1n) is 9.05. The molecule has 6 nitrogen and oxygen atoms in total. The van der Waals surface area contributed by atoms with Gasteiger partial charge >= 0.3 is 5.69 Å². The van der Waals surface area contributed by atoms with Crippen LogP contribution < -0.4 is 22.5 Å². The number of hydrogen-bond donors (Lipinski definition) is 3. The summed E-state index contributed by atoms with van der Waals surface area (Å²) in [5.41, 5.74) is 14.6. The summed E-state index contributed by atoms with van der Waals surface area (Å²) >= 11 is 0. The molecule has 2 aromatic rings. The number of aromatic nitrogens is 2. The highest BCUT2D eigenvalue weighted by Crippen LogP contribution is 2.27. The highest BCUT2D eigenvalue weighted by molar-refractivity contribution is 5.43. The highest BCUT2D eigenvalue weighted by Gasteiger charge is 2.27. The number of fused-ring (bicyclic) bond motifs is 1. The first-order chi connectivity index (χ1) is 12.1. The molecular weight excluding hydrogens is 314 g/mol. The summed E-state index contributed by atoms with van der Waals surface area (Å²) in [5, 5.41) is 3.71. The summed E-state index contributed by atoms with van der Waals surface area (Å²) in [6, 6.07) is 8.84. The molecule has 1 aromatic carbocycles. The zero-order valence-electron chi connectivity index (χ0n) is 14.3. The summed E-state index contributed by atoms with van der Waals surface area (Å²) in [6.45, 7) is 1.08. The van der Waals surface area contributed by atoms with Gasteiger partial charge < -0.3 is 16.8 Å². The zero-order valence-corrected chi connectivity index (χ0v) is 14.3. The molecule has 1 unspecified atom stereocenters.